The molecule has 0 aromatic carbocycles. The molecule has 0 amide bonds. The van der Waals surface area contributed by atoms with Crippen LogP contribution in [0.1, 0.15) is 19.8 Å². The molecule has 0 radical (unpaired) electrons. The van der Waals surface area contributed by atoms with Gasteiger partial charge in [-0.3, -0.25) is 4.21 Å². The molecule has 1 aliphatic heterocycles. The summed E-state index contributed by atoms with van der Waals surface area (Å²) in [6.07, 6.45) is 0.669. The van der Waals surface area contributed by atoms with Crippen molar-refractivity contribution in [2.45, 2.75) is 29.9 Å². The molecule has 13 heavy (non-hydrogen) atoms. The van der Waals surface area contributed by atoms with Crippen LogP contribution in [0.5, 0.6) is 0 Å². The largest absolute Gasteiger partial charge is 0.394 e. The Balaban J connectivity index is 2.56. The number of aliphatic hydroxyl groups is 2. The Hall–Kier alpha value is 0.420. The molecule has 1 fully saturated rings. The van der Waals surface area contributed by atoms with E-state index in [0.29, 0.717) is 6.42 Å². The van der Waals surface area contributed by atoms with Crippen LogP contribution in [0.15, 0.2) is 0 Å². The summed E-state index contributed by atoms with van der Waals surface area (Å²) in [6.45, 7) is 1.67. The van der Waals surface area contributed by atoms with E-state index in [9.17, 15) is 9.32 Å². The standard InChI is InChI=1S/C8H16O3S2/c1-8(5-7(10)6-9)12-3-2-4-13(8)11/h7,9-10H,2-6H2,1H3. The van der Waals surface area contributed by atoms with Gasteiger partial charge in [-0.05, 0) is 19.1 Å². The molecule has 0 spiro atoms. The zero-order valence-corrected chi connectivity index (χ0v) is 9.37. The van der Waals surface area contributed by atoms with Crippen molar-refractivity contribution in [2.75, 3.05) is 18.1 Å². The van der Waals surface area contributed by atoms with E-state index >= 15 is 0 Å². The molecule has 0 aliphatic carbocycles. The van der Waals surface area contributed by atoms with Gasteiger partial charge in [0.2, 0.25) is 0 Å². The van der Waals surface area contributed by atoms with E-state index in [2.05, 4.69) is 0 Å². The molecule has 2 N–H and O–H groups in total. The van der Waals surface area contributed by atoms with Crippen LogP contribution in [0, 0.1) is 0 Å². The molecule has 0 saturated carbocycles. The van der Waals surface area contributed by atoms with E-state index in [1.807, 2.05) is 6.92 Å². The summed E-state index contributed by atoms with van der Waals surface area (Å²) >= 11 is 1.65. The molecule has 3 unspecified atom stereocenters. The maximum absolute atomic E-state index is 11.7. The van der Waals surface area contributed by atoms with E-state index in [4.69, 9.17) is 5.11 Å². The van der Waals surface area contributed by atoms with Crippen LogP contribution in [0.2, 0.25) is 0 Å². The second kappa shape index (κ2) is 4.77. The third-order valence-electron chi connectivity index (χ3n) is 2.18. The molecule has 3 nitrogen and oxygen atoms in total. The number of thioether (sulfide) groups is 1. The van der Waals surface area contributed by atoms with Gasteiger partial charge in [0, 0.05) is 23.0 Å². The first-order chi connectivity index (χ1) is 6.08. The van der Waals surface area contributed by atoms with Crippen molar-refractivity contribution < 1.29 is 14.4 Å². The highest BCUT2D eigenvalue weighted by molar-refractivity contribution is 8.13. The first kappa shape index (κ1) is 11.5. The summed E-state index contributed by atoms with van der Waals surface area (Å²) in [5.41, 5.74) is 0. The number of rotatable bonds is 3. The van der Waals surface area contributed by atoms with Crippen molar-refractivity contribution in [3.05, 3.63) is 0 Å². The van der Waals surface area contributed by atoms with Crippen LogP contribution in [0.4, 0.5) is 0 Å². The van der Waals surface area contributed by atoms with Crippen LogP contribution in [-0.4, -0.2) is 42.7 Å². The Morgan fingerprint density at radius 2 is 2.38 bits per heavy atom. The van der Waals surface area contributed by atoms with E-state index < -0.39 is 16.9 Å². The molecule has 1 heterocycles. The Morgan fingerprint density at radius 3 is 2.92 bits per heavy atom. The molecular formula is C8H16O3S2. The predicted molar refractivity (Wildman–Crippen MR) is 56.2 cm³/mol. The molecule has 3 atom stereocenters. The SMILES string of the molecule is CC1(CC(O)CO)SCCCS1=O. The van der Waals surface area contributed by atoms with Crippen molar-refractivity contribution in [1.82, 2.24) is 0 Å². The molecule has 0 aromatic heterocycles. The van der Waals surface area contributed by atoms with Crippen LogP contribution >= 0.6 is 11.8 Å². The summed E-state index contributed by atoms with van der Waals surface area (Å²) in [6, 6.07) is 0. The third kappa shape index (κ3) is 2.94. The van der Waals surface area contributed by atoms with E-state index in [1.165, 1.54) is 0 Å². The van der Waals surface area contributed by atoms with Gasteiger partial charge >= 0.3 is 0 Å². The fraction of sp³-hybridized carbons (Fsp3) is 1.00. The molecule has 0 bridgehead atoms. The van der Waals surface area contributed by atoms with Gasteiger partial charge in [-0.2, -0.15) is 0 Å². The molecule has 78 valence electrons. The molecule has 1 saturated heterocycles. The zero-order valence-electron chi connectivity index (χ0n) is 7.73. The van der Waals surface area contributed by atoms with Gasteiger partial charge in [0.25, 0.3) is 0 Å². The quantitative estimate of drug-likeness (QED) is 0.725. The van der Waals surface area contributed by atoms with Crippen molar-refractivity contribution in [3.8, 4) is 0 Å². The predicted octanol–water partition coefficient (Wildman–Crippen LogP) is 0.332. The van der Waals surface area contributed by atoms with Gasteiger partial charge in [0.15, 0.2) is 0 Å². The maximum atomic E-state index is 11.7. The minimum absolute atomic E-state index is 0.243. The zero-order chi connectivity index (χ0) is 9.90. The summed E-state index contributed by atoms with van der Waals surface area (Å²) in [5, 5.41) is 18.0. The lowest BCUT2D eigenvalue weighted by Crippen LogP contribution is -2.37. The van der Waals surface area contributed by atoms with Crippen molar-refractivity contribution in [2.24, 2.45) is 0 Å². The van der Waals surface area contributed by atoms with E-state index in [-0.39, 0.29) is 10.7 Å². The van der Waals surface area contributed by atoms with Gasteiger partial charge in [-0.15, -0.1) is 11.8 Å². The van der Waals surface area contributed by atoms with Crippen LogP contribution < -0.4 is 0 Å². The minimum atomic E-state index is -0.874. The summed E-state index contributed by atoms with van der Waals surface area (Å²) < 4.78 is 11.3. The number of hydrogen-bond donors (Lipinski definition) is 2. The van der Waals surface area contributed by atoms with Gasteiger partial charge in [-0.1, -0.05) is 0 Å². The Labute approximate surface area is 85.4 Å². The fourth-order valence-electron chi connectivity index (χ4n) is 1.40. The second-order valence-corrected chi connectivity index (χ2v) is 7.28. The highest BCUT2D eigenvalue weighted by Crippen LogP contribution is 2.37. The Kier molecular flexibility index (Phi) is 4.22. The van der Waals surface area contributed by atoms with E-state index in [0.717, 1.165) is 17.9 Å². The average molecular weight is 224 g/mol. The van der Waals surface area contributed by atoms with Gasteiger partial charge < -0.3 is 10.2 Å². The third-order valence-corrected chi connectivity index (χ3v) is 6.15. The maximum Gasteiger partial charge on any atom is 0.0906 e. The number of aliphatic hydroxyl groups excluding tert-OH is 2. The van der Waals surface area contributed by atoms with Gasteiger partial charge in [-0.25, -0.2) is 0 Å². The molecule has 0 aromatic rings. The normalized spacial score (nSPS) is 37.3. The Morgan fingerprint density at radius 1 is 1.69 bits per heavy atom. The lowest BCUT2D eigenvalue weighted by atomic mass is 10.2. The highest BCUT2D eigenvalue weighted by atomic mass is 32.2. The second-order valence-electron chi connectivity index (χ2n) is 3.43. The lowest BCUT2D eigenvalue weighted by Gasteiger charge is -2.33. The van der Waals surface area contributed by atoms with Gasteiger partial charge in [0.1, 0.15) is 0 Å². The summed E-state index contributed by atoms with van der Waals surface area (Å²) in [4.78, 5) is 0. The molecule has 1 rings (SSSR count). The molecular weight excluding hydrogens is 208 g/mol. The summed E-state index contributed by atoms with van der Waals surface area (Å²) in [5.74, 6) is 1.72. The Bertz CT molecular complexity index is 198. The van der Waals surface area contributed by atoms with Crippen LogP contribution in [-0.2, 0) is 10.8 Å². The highest BCUT2D eigenvalue weighted by Gasteiger charge is 2.36. The number of hydrogen-bond acceptors (Lipinski definition) is 4. The lowest BCUT2D eigenvalue weighted by molar-refractivity contribution is 0.0865. The van der Waals surface area contributed by atoms with Crippen LogP contribution in [0.25, 0.3) is 0 Å². The van der Waals surface area contributed by atoms with Crippen LogP contribution in [0.3, 0.4) is 0 Å². The fourth-order valence-corrected chi connectivity index (χ4v) is 4.86. The van der Waals surface area contributed by atoms with Crippen molar-refractivity contribution in [1.29, 1.82) is 0 Å². The minimum Gasteiger partial charge on any atom is -0.394 e. The molecule has 5 heteroatoms. The molecule has 1 aliphatic rings. The monoisotopic (exact) mass is 224 g/mol. The topological polar surface area (TPSA) is 57.5 Å². The van der Waals surface area contributed by atoms with E-state index in [1.54, 1.807) is 11.8 Å². The first-order valence-electron chi connectivity index (χ1n) is 4.40. The summed E-state index contributed by atoms with van der Waals surface area (Å²) in [7, 11) is -0.874. The smallest absolute Gasteiger partial charge is 0.0906 e. The first-order valence-corrected chi connectivity index (χ1v) is 6.70. The van der Waals surface area contributed by atoms with Gasteiger partial charge in [0.05, 0.1) is 16.8 Å². The van der Waals surface area contributed by atoms with Crippen molar-refractivity contribution in [3.63, 3.8) is 0 Å². The average Bonchev–Trinajstić information content (AvgIpc) is 2.10. The van der Waals surface area contributed by atoms with Crippen molar-refractivity contribution >= 4 is 22.6 Å².